The maximum atomic E-state index is 11.3. The minimum Gasteiger partial charge on any atom is -0.744 e. The van der Waals surface area contributed by atoms with Gasteiger partial charge in [-0.2, -0.15) is 23.5 Å². The van der Waals surface area contributed by atoms with Crippen LogP contribution in [0.3, 0.4) is 0 Å². The highest BCUT2D eigenvalue weighted by Crippen LogP contribution is 2.19. The summed E-state index contributed by atoms with van der Waals surface area (Å²) >= 11 is 3.76. The van der Waals surface area contributed by atoms with Crippen LogP contribution in [0, 0.1) is 6.92 Å². The van der Waals surface area contributed by atoms with Gasteiger partial charge in [0.2, 0.25) is 0 Å². The minimum atomic E-state index is -4.38. The van der Waals surface area contributed by atoms with Gasteiger partial charge in [-0.25, -0.2) is 8.42 Å². The average Bonchev–Trinajstić information content (AvgIpc) is 2.39. The minimum absolute atomic E-state index is 0.0685. The molecule has 0 radical (unpaired) electrons. The molecule has 1 aromatic rings. The molecule has 0 bridgehead atoms. The molecule has 1 rings (SSSR count). The summed E-state index contributed by atoms with van der Waals surface area (Å²) in [5.41, 5.74) is 1.62. The van der Waals surface area contributed by atoms with Crippen molar-refractivity contribution in [1.29, 1.82) is 0 Å². The predicted molar refractivity (Wildman–Crippen MR) is 100 cm³/mol. The normalized spacial score (nSPS) is 12.6. The van der Waals surface area contributed by atoms with Crippen molar-refractivity contribution in [1.82, 2.24) is 0 Å². The SMILES string of the molecule is Cc1ccc(S(=O)(=O)[O-])c(CCSCCSCC[N+](C)(C)C)c1. The fraction of sp³-hybridized carbons (Fsp3) is 0.625. The molecule has 0 spiro atoms. The largest absolute Gasteiger partial charge is 0.744 e. The van der Waals surface area contributed by atoms with E-state index in [2.05, 4.69) is 21.1 Å². The molecule has 23 heavy (non-hydrogen) atoms. The Morgan fingerprint density at radius 1 is 1.04 bits per heavy atom. The maximum absolute atomic E-state index is 11.3. The first-order valence-electron chi connectivity index (χ1n) is 7.61. The van der Waals surface area contributed by atoms with E-state index in [1.165, 1.54) is 6.07 Å². The third-order valence-electron chi connectivity index (χ3n) is 3.28. The van der Waals surface area contributed by atoms with E-state index in [9.17, 15) is 13.0 Å². The molecule has 132 valence electrons. The Morgan fingerprint density at radius 2 is 1.65 bits per heavy atom. The highest BCUT2D eigenvalue weighted by molar-refractivity contribution is 8.02. The first-order valence-corrected chi connectivity index (χ1v) is 11.3. The summed E-state index contributed by atoms with van der Waals surface area (Å²) in [4.78, 5) is -0.0685. The quantitative estimate of drug-likeness (QED) is 0.356. The molecular weight excluding hydrogens is 350 g/mol. The fourth-order valence-electron chi connectivity index (χ4n) is 1.99. The molecule has 4 nitrogen and oxygen atoms in total. The zero-order valence-corrected chi connectivity index (χ0v) is 16.8. The number of aryl methyl sites for hydroxylation is 2. The fourth-order valence-corrected chi connectivity index (χ4v) is 5.10. The molecule has 0 fully saturated rings. The molecule has 0 aliphatic rings. The van der Waals surface area contributed by atoms with Crippen molar-refractivity contribution in [3.05, 3.63) is 29.3 Å². The van der Waals surface area contributed by atoms with Crippen LogP contribution in [0.4, 0.5) is 0 Å². The molecule has 0 saturated carbocycles. The zero-order chi connectivity index (χ0) is 17.5. The van der Waals surface area contributed by atoms with Crippen LogP contribution in [-0.2, 0) is 16.5 Å². The standard InChI is InChI=1S/C16H27NO3S3/c1-14-5-6-16(23(18,19)20)15(13-14)7-9-21-11-12-22-10-8-17(2,3)4/h5-6,13H,7-12H2,1-4H3. The van der Waals surface area contributed by atoms with Gasteiger partial charge in [0, 0.05) is 17.3 Å². The van der Waals surface area contributed by atoms with E-state index in [0.717, 1.165) is 39.6 Å². The number of benzene rings is 1. The molecule has 0 aliphatic heterocycles. The molecule has 0 amide bonds. The van der Waals surface area contributed by atoms with Gasteiger partial charge in [-0.3, -0.25) is 0 Å². The highest BCUT2D eigenvalue weighted by Gasteiger charge is 2.09. The van der Waals surface area contributed by atoms with Crippen molar-refractivity contribution < 1.29 is 17.5 Å². The van der Waals surface area contributed by atoms with Crippen LogP contribution < -0.4 is 0 Å². The molecule has 0 aliphatic carbocycles. The maximum Gasteiger partial charge on any atom is 0.124 e. The second kappa shape index (κ2) is 9.32. The Labute approximate surface area is 149 Å². The lowest BCUT2D eigenvalue weighted by molar-refractivity contribution is -0.867. The monoisotopic (exact) mass is 377 g/mol. The number of thioether (sulfide) groups is 2. The van der Waals surface area contributed by atoms with Crippen LogP contribution in [-0.4, -0.2) is 68.2 Å². The van der Waals surface area contributed by atoms with Crippen molar-refractivity contribution in [3.8, 4) is 0 Å². The average molecular weight is 378 g/mol. The van der Waals surface area contributed by atoms with Crippen molar-refractivity contribution in [3.63, 3.8) is 0 Å². The Kier molecular flexibility index (Phi) is 8.44. The van der Waals surface area contributed by atoms with Gasteiger partial charge in [-0.05, 0) is 30.7 Å². The van der Waals surface area contributed by atoms with Crippen molar-refractivity contribution in [2.75, 3.05) is 50.7 Å². The summed E-state index contributed by atoms with van der Waals surface area (Å²) < 4.78 is 34.8. The predicted octanol–water partition coefficient (Wildman–Crippen LogP) is 2.61. The third-order valence-corrected chi connectivity index (χ3v) is 6.42. The molecular formula is C16H27NO3S3. The van der Waals surface area contributed by atoms with E-state index >= 15 is 0 Å². The van der Waals surface area contributed by atoms with Crippen LogP contribution >= 0.6 is 23.5 Å². The molecule has 0 unspecified atom stereocenters. The van der Waals surface area contributed by atoms with E-state index in [-0.39, 0.29) is 4.90 Å². The number of hydrogen-bond donors (Lipinski definition) is 0. The van der Waals surface area contributed by atoms with Gasteiger partial charge in [0.1, 0.15) is 10.1 Å². The van der Waals surface area contributed by atoms with Gasteiger partial charge in [0.25, 0.3) is 0 Å². The second-order valence-corrected chi connectivity index (χ2v) is 10.4. The van der Waals surface area contributed by atoms with Crippen molar-refractivity contribution in [2.24, 2.45) is 0 Å². The van der Waals surface area contributed by atoms with Crippen molar-refractivity contribution >= 4 is 33.6 Å². The number of quaternary nitrogens is 1. The zero-order valence-electron chi connectivity index (χ0n) is 14.4. The van der Waals surface area contributed by atoms with E-state index in [1.807, 2.05) is 30.4 Å². The first-order chi connectivity index (χ1) is 10.6. The first kappa shape index (κ1) is 20.8. The lowest BCUT2D eigenvalue weighted by atomic mass is 10.1. The Balaban J connectivity index is 2.33. The van der Waals surface area contributed by atoms with Gasteiger partial charge in [0.15, 0.2) is 0 Å². The summed E-state index contributed by atoms with van der Waals surface area (Å²) in [5.74, 6) is 4.14. The lowest BCUT2D eigenvalue weighted by Gasteiger charge is -2.23. The van der Waals surface area contributed by atoms with Crippen LogP contribution in [0.15, 0.2) is 23.1 Å². The van der Waals surface area contributed by atoms with Gasteiger partial charge in [-0.15, -0.1) is 0 Å². The Morgan fingerprint density at radius 3 is 2.22 bits per heavy atom. The van der Waals surface area contributed by atoms with Crippen LogP contribution in [0.25, 0.3) is 0 Å². The summed E-state index contributed by atoms with van der Waals surface area (Å²) in [6.45, 7) is 3.06. The van der Waals surface area contributed by atoms with E-state index in [4.69, 9.17) is 0 Å². The van der Waals surface area contributed by atoms with Crippen molar-refractivity contribution in [2.45, 2.75) is 18.2 Å². The highest BCUT2D eigenvalue weighted by atomic mass is 32.2. The molecule has 0 atom stereocenters. The number of rotatable bonds is 10. The van der Waals surface area contributed by atoms with E-state index < -0.39 is 10.1 Å². The number of nitrogens with zero attached hydrogens (tertiary/aromatic N) is 1. The van der Waals surface area contributed by atoms with Gasteiger partial charge in [-0.1, -0.05) is 17.7 Å². The Hall–Kier alpha value is -0.210. The third kappa shape index (κ3) is 9.00. The smallest absolute Gasteiger partial charge is 0.124 e. The van der Waals surface area contributed by atoms with Crippen LogP contribution in [0.5, 0.6) is 0 Å². The summed E-state index contributed by atoms with van der Waals surface area (Å²) in [6, 6.07) is 4.91. The van der Waals surface area contributed by atoms with Crippen LogP contribution in [0.1, 0.15) is 11.1 Å². The van der Waals surface area contributed by atoms with E-state index in [0.29, 0.717) is 12.0 Å². The number of hydrogen-bond acceptors (Lipinski definition) is 5. The summed E-state index contributed by atoms with van der Waals surface area (Å²) in [6.07, 6.45) is 0.618. The topological polar surface area (TPSA) is 57.2 Å². The molecule has 7 heteroatoms. The molecule has 0 N–H and O–H groups in total. The van der Waals surface area contributed by atoms with Gasteiger partial charge >= 0.3 is 0 Å². The summed E-state index contributed by atoms with van der Waals surface area (Å²) in [5, 5.41) is 0. The lowest BCUT2D eigenvalue weighted by Crippen LogP contribution is -2.36. The van der Waals surface area contributed by atoms with Gasteiger partial charge < -0.3 is 9.04 Å². The molecule has 1 aromatic carbocycles. The van der Waals surface area contributed by atoms with Gasteiger partial charge in [0.05, 0.1) is 32.6 Å². The molecule has 0 aromatic heterocycles. The molecule has 0 heterocycles. The van der Waals surface area contributed by atoms with Crippen LogP contribution in [0.2, 0.25) is 0 Å². The van der Waals surface area contributed by atoms with E-state index in [1.54, 1.807) is 12.1 Å². The Bertz CT molecular complexity index is 595. The second-order valence-electron chi connectivity index (χ2n) is 6.55. The summed E-state index contributed by atoms with van der Waals surface area (Å²) in [7, 11) is 2.20. The molecule has 0 saturated heterocycles.